The largest absolute Gasteiger partial charge is 0.464 e. The molecule has 0 unspecified atom stereocenters. The van der Waals surface area contributed by atoms with E-state index < -0.39 is 5.97 Å². The van der Waals surface area contributed by atoms with E-state index in [1.54, 1.807) is 12.3 Å². The molecule has 5 heteroatoms. The molecule has 1 N–H and O–H groups in total. The van der Waals surface area contributed by atoms with Crippen molar-refractivity contribution in [3.63, 3.8) is 0 Å². The average Bonchev–Trinajstić information content (AvgIpc) is 2.63. The van der Waals surface area contributed by atoms with E-state index in [9.17, 15) is 4.79 Å². The molecule has 0 saturated carbocycles. The van der Waals surface area contributed by atoms with Crippen molar-refractivity contribution in [3.8, 4) is 0 Å². The van der Waals surface area contributed by atoms with E-state index in [4.69, 9.17) is 0 Å². The number of hydrogen-bond donors (Lipinski definition) is 1. The van der Waals surface area contributed by atoms with Crippen molar-refractivity contribution in [3.05, 3.63) is 24.2 Å². The average molecular weight is 177 g/mol. The normalized spacial score (nSPS) is 10.2. The van der Waals surface area contributed by atoms with E-state index in [-0.39, 0.29) is 5.69 Å². The van der Waals surface area contributed by atoms with Crippen LogP contribution in [0.15, 0.2) is 18.5 Å². The first kappa shape index (κ1) is 7.72. The Bertz CT molecular complexity index is 449. The molecular formula is C8H7N3O2. The molecule has 0 aliphatic heterocycles. The number of nitrogens with one attached hydrogen (secondary N) is 1. The number of aromatic nitrogens is 3. The maximum absolute atomic E-state index is 11.0. The molecule has 2 rings (SSSR count). The van der Waals surface area contributed by atoms with Gasteiger partial charge in [-0.2, -0.15) is 0 Å². The zero-order valence-electron chi connectivity index (χ0n) is 6.94. The van der Waals surface area contributed by atoms with E-state index in [0.29, 0.717) is 5.65 Å². The first-order valence-electron chi connectivity index (χ1n) is 3.69. The van der Waals surface area contributed by atoms with Gasteiger partial charge in [-0.25, -0.2) is 9.78 Å². The van der Waals surface area contributed by atoms with Crippen molar-refractivity contribution in [1.82, 2.24) is 15.0 Å². The van der Waals surface area contributed by atoms with Crippen molar-refractivity contribution in [2.45, 2.75) is 0 Å². The number of esters is 1. The van der Waals surface area contributed by atoms with Gasteiger partial charge in [0, 0.05) is 6.20 Å². The molecule has 5 nitrogen and oxygen atoms in total. The van der Waals surface area contributed by atoms with Gasteiger partial charge in [-0.3, -0.25) is 4.98 Å². The maximum atomic E-state index is 11.0. The molecule has 0 fully saturated rings. The summed E-state index contributed by atoms with van der Waals surface area (Å²) in [5, 5.41) is 0. The number of H-pyrrole nitrogens is 1. The van der Waals surface area contributed by atoms with Gasteiger partial charge in [0.15, 0.2) is 11.3 Å². The molecule has 2 aromatic rings. The molecular weight excluding hydrogens is 170 g/mol. The molecule has 0 radical (unpaired) electrons. The fourth-order valence-corrected chi connectivity index (χ4v) is 1.03. The minimum Gasteiger partial charge on any atom is -0.464 e. The van der Waals surface area contributed by atoms with Crippen molar-refractivity contribution in [1.29, 1.82) is 0 Å². The zero-order chi connectivity index (χ0) is 9.26. The van der Waals surface area contributed by atoms with Gasteiger partial charge in [0.05, 0.1) is 13.3 Å². The first-order valence-corrected chi connectivity index (χ1v) is 3.69. The number of hydrogen-bond acceptors (Lipinski definition) is 4. The van der Waals surface area contributed by atoms with Crippen LogP contribution in [0.5, 0.6) is 0 Å². The second-order valence-corrected chi connectivity index (χ2v) is 2.46. The number of carbonyl (C=O) groups is 1. The highest BCUT2D eigenvalue weighted by atomic mass is 16.5. The molecule has 2 heterocycles. The van der Waals surface area contributed by atoms with Crippen molar-refractivity contribution < 1.29 is 9.53 Å². The van der Waals surface area contributed by atoms with Gasteiger partial charge in [-0.05, 0) is 6.07 Å². The molecule has 66 valence electrons. The topological polar surface area (TPSA) is 67.9 Å². The van der Waals surface area contributed by atoms with Gasteiger partial charge in [-0.1, -0.05) is 0 Å². The quantitative estimate of drug-likeness (QED) is 0.652. The zero-order valence-corrected chi connectivity index (χ0v) is 6.94. The van der Waals surface area contributed by atoms with Crippen LogP contribution in [0.2, 0.25) is 0 Å². The second-order valence-electron chi connectivity index (χ2n) is 2.46. The lowest BCUT2D eigenvalue weighted by Crippen LogP contribution is -2.04. The molecule has 0 amide bonds. The summed E-state index contributed by atoms with van der Waals surface area (Å²) >= 11 is 0. The second kappa shape index (κ2) is 2.85. The maximum Gasteiger partial charge on any atom is 0.358 e. The lowest BCUT2D eigenvalue weighted by molar-refractivity contribution is 0.0594. The SMILES string of the molecule is COC(=O)c1cnc2cc[nH]c2n1. The number of nitrogens with zero attached hydrogens (tertiary/aromatic N) is 2. The minimum atomic E-state index is -0.482. The fourth-order valence-electron chi connectivity index (χ4n) is 1.03. The summed E-state index contributed by atoms with van der Waals surface area (Å²) in [6, 6.07) is 1.78. The Kier molecular flexibility index (Phi) is 1.70. The Morgan fingerprint density at radius 3 is 3.23 bits per heavy atom. The summed E-state index contributed by atoms with van der Waals surface area (Å²) in [5.74, 6) is -0.482. The third-order valence-electron chi connectivity index (χ3n) is 1.66. The summed E-state index contributed by atoms with van der Waals surface area (Å²) < 4.78 is 4.51. The Labute approximate surface area is 73.8 Å². The van der Waals surface area contributed by atoms with Crippen LogP contribution in [-0.2, 0) is 4.74 Å². The predicted octanol–water partition coefficient (Wildman–Crippen LogP) is 0.744. The third kappa shape index (κ3) is 1.24. The number of carbonyl (C=O) groups excluding carboxylic acids is 1. The Hall–Kier alpha value is -1.91. The summed E-state index contributed by atoms with van der Waals surface area (Å²) in [6.45, 7) is 0. The van der Waals surface area contributed by atoms with Crippen LogP contribution in [0, 0.1) is 0 Å². The highest BCUT2D eigenvalue weighted by molar-refractivity contribution is 5.88. The molecule has 0 spiro atoms. The summed E-state index contributed by atoms with van der Waals surface area (Å²) in [4.78, 5) is 21.9. The molecule has 0 aliphatic carbocycles. The van der Waals surface area contributed by atoms with Crippen molar-refractivity contribution in [2.24, 2.45) is 0 Å². The third-order valence-corrected chi connectivity index (χ3v) is 1.66. The molecule has 13 heavy (non-hydrogen) atoms. The van der Waals surface area contributed by atoms with Crippen LogP contribution in [0.4, 0.5) is 0 Å². The Balaban J connectivity index is 2.54. The van der Waals surface area contributed by atoms with E-state index in [0.717, 1.165) is 5.52 Å². The number of aromatic amines is 1. The van der Waals surface area contributed by atoms with Crippen LogP contribution >= 0.6 is 0 Å². The van der Waals surface area contributed by atoms with Gasteiger partial charge in [0.1, 0.15) is 5.52 Å². The van der Waals surface area contributed by atoms with Gasteiger partial charge < -0.3 is 9.72 Å². The number of fused-ring (bicyclic) bond motifs is 1. The highest BCUT2D eigenvalue weighted by Crippen LogP contribution is 2.06. The van der Waals surface area contributed by atoms with Gasteiger partial charge >= 0.3 is 5.97 Å². The van der Waals surface area contributed by atoms with E-state index in [1.807, 2.05) is 0 Å². The standard InChI is InChI=1S/C8H7N3O2/c1-13-8(12)6-4-10-5-2-3-9-7(5)11-6/h2-4H,1H3,(H,9,11). The van der Waals surface area contributed by atoms with Crippen molar-refractivity contribution >= 4 is 17.1 Å². The summed E-state index contributed by atoms with van der Waals surface area (Å²) in [6.07, 6.45) is 3.10. The number of rotatable bonds is 1. The van der Waals surface area contributed by atoms with Crippen LogP contribution in [0.3, 0.4) is 0 Å². The molecule has 0 aromatic carbocycles. The molecule has 0 aliphatic rings. The van der Waals surface area contributed by atoms with Crippen LogP contribution < -0.4 is 0 Å². The number of ether oxygens (including phenoxy) is 1. The first-order chi connectivity index (χ1) is 6.31. The van der Waals surface area contributed by atoms with Gasteiger partial charge in [0.25, 0.3) is 0 Å². The number of methoxy groups -OCH3 is 1. The molecule has 0 saturated heterocycles. The lowest BCUT2D eigenvalue weighted by atomic mass is 10.4. The lowest BCUT2D eigenvalue weighted by Gasteiger charge is -1.96. The van der Waals surface area contributed by atoms with Gasteiger partial charge in [0.2, 0.25) is 0 Å². The monoisotopic (exact) mass is 177 g/mol. The smallest absolute Gasteiger partial charge is 0.358 e. The molecule has 2 aromatic heterocycles. The van der Waals surface area contributed by atoms with Crippen molar-refractivity contribution in [2.75, 3.05) is 7.11 Å². The van der Waals surface area contributed by atoms with E-state index in [1.165, 1.54) is 13.3 Å². The van der Waals surface area contributed by atoms with Crippen LogP contribution in [0.1, 0.15) is 10.5 Å². The molecule has 0 atom stereocenters. The minimum absolute atomic E-state index is 0.206. The highest BCUT2D eigenvalue weighted by Gasteiger charge is 2.08. The van der Waals surface area contributed by atoms with Crippen LogP contribution in [0.25, 0.3) is 11.2 Å². The summed E-state index contributed by atoms with van der Waals surface area (Å²) in [7, 11) is 1.31. The van der Waals surface area contributed by atoms with E-state index in [2.05, 4.69) is 19.7 Å². The summed E-state index contributed by atoms with van der Waals surface area (Å²) in [5.41, 5.74) is 1.52. The van der Waals surface area contributed by atoms with Crippen LogP contribution in [-0.4, -0.2) is 28.0 Å². The van der Waals surface area contributed by atoms with Gasteiger partial charge in [-0.15, -0.1) is 0 Å². The Morgan fingerprint density at radius 1 is 1.62 bits per heavy atom. The van der Waals surface area contributed by atoms with E-state index >= 15 is 0 Å². The molecule has 0 bridgehead atoms. The predicted molar refractivity (Wildman–Crippen MR) is 45.2 cm³/mol. The Morgan fingerprint density at radius 2 is 2.46 bits per heavy atom. The fraction of sp³-hybridized carbons (Fsp3) is 0.125.